The maximum atomic E-state index is 13.8. The van der Waals surface area contributed by atoms with E-state index in [2.05, 4.69) is 4.72 Å². The molecule has 114 valence electrons. The fourth-order valence-electron chi connectivity index (χ4n) is 2.01. The largest absolute Gasteiger partial charge is 0.399 e. The Morgan fingerprint density at radius 3 is 2.76 bits per heavy atom. The van der Waals surface area contributed by atoms with E-state index in [1.54, 1.807) is 0 Å². The third kappa shape index (κ3) is 3.81. The number of hydrogen-bond acceptors (Lipinski definition) is 4. The molecule has 1 heterocycles. The highest BCUT2D eigenvalue weighted by molar-refractivity contribution is 7.89. The third-order valence-corrected chi connectivity index (χ3v) is 5.48. The number of sulfonamides is 1. The molecule has 0 spiro atoms. The van der Waals surface area contributed by atoms with Crippen LogP contribution in [0.3, 0.4) is 0 Å². The van der Waals surface area contributed by atoms with Crippen molar-refractivity contribution in [2.75, 3.05) is 5.73 Å². The van der Waals surface area contributed by atoms with Crippen molar-refractivity contribution in [3.8, 4) is 0 Å². The number of nitrogen functional groups attached to an aromatic ring is 1. The molecule has 0 aliphatic rings. The van der Waals surface area contributed by atoms with Gasteiger partial charge < -0.3 is 5.73 Å². The van der Waals surface area contributed by atoms with Gasteiger partial charge in [-0.05, 0) is 36.1 Å². The van der Waals surface area contributed by atoms with Crippen molar-refractivity contribution in [1.29, 1.82) is 0 Å². The molecule has 0 fully saturated rings. The van der Waals surface area contributed by atoms with E-state index in [-0.39, 0.29) is 11.7 Å². The van der Waals surface area contributed by atoms with Crippen LogP contribution in [0.2, 0.25) is 0 Å². The predicted molar refractivity (Wildman–Crippen MR) is 83.1 cm³/mol. The molecular weight excluding hydrogens is 311 g/mol. The lowest BCUT2D eigenvalue weighted by atomic mass is 10.1. The summed E-state index contributed by atoms with van der Waals surface area (Å²) in [5.74, 6) is -0.807. The van der Waals surface area contributed by atoms with Gasteiger partial charge in [-0.15, -0.1) is 11.3 Å². The molecule has 0 saturated carbocycles. The Bertz CT molecular complexity index is 700. The Labute approximate surface area is 127 Å². The number of anilines is 1. The van der Waals surface area contributed by atoms with Crippen molar-refractivity contribution in [3.63, 3.8) is 0 Å². The van der Waals surface area contributed by atoms with Gasteiger partial charge in [0.1, 0.15) is 10.7 Å². The second-order valence-electron chi connectivity index (χ2n) is 4.67. The van der Waals surface area contributed by atoms with Crippen LogP contribution in [0.1, 0.15) is 30.7 Å². The first kappa shape index (κ1) is 15.9. The van der Waals surface area contributed by atoms with Crippen molar-refractivity contribution in [3.05, 3.63) is 46.4 Å². The van der Waals surface area contributed by atoms with Crippen LogP contribution in [-0.2, 0) is 10.0 Å². The predicted octanol–water partition coefficient (Wildman–Crippen LogP) is 3.29. The number of thiophene rings is 1. The van der Waals surface area contributed by atoms with Gasteiger partial charge in [-0.25, -0.2) is 17.5 Å². The lowest BCUT2D eigenvalue weighted by molar-refractivity contribution is 0.528. The van der Waals surface area contributed by atoms with E-state index in [1.165, 1.54) is 17.4 Å². The van der Waals surface area contributed by atoms with Crippen LogP contribution in [0, 0.1) is 5.82 Å². The highest BCUT2D eigenvalue weighted by Gasteiger charge is 2.24. The highest BCUT2D eigenvalue weighted by Crippen LogP contribution is 2.26. The molecule has 2 aromatic rings. The first-order valence-electron chi connectivity index (χ1n) is 6.55. The number of nitrogens with two attached hydrogens (primary N) is 1. The number of rotatable bonds is 6. The number of benzene rings is 1. The van der Waals surface area contributed by atoms with Gasteiger partial charge in [-0.1, -0.05) is 19.4 Å². The maximum absolute atomic E-state index is 13.8. The number of halogens is 1. The van der Waals surface area contributed by atoms with Crippen LogP contribution < -0.4 is 10.5 Å². The molecule has 1 unspecified atom stereocenters. The molecular formula is C14H17FN2O2S2. The molecule has 0 aliphatic carbocycles. The average Bonchev–Trinajstić information content (AvgIpc) is 2.95. The van der Waals surface area contributed by atoms with Crippen LogP contribution in [0.25, 0.3) is 0 Å². The van der Waals surface area contributed by atoms with E-state index in [0.29, 0.717) is 6.42 Å². The summed E-state index contributed by atoms with van der Waals surface area (Å²) in [5.41, 5.74) is 5.76. The van der Waals surface area contributed by atoms with Gasteiger partial charge in [-0.3, -0.25) is 0 Å². The molecule has 1 atom stereocenters. The molecule has 0 saturated heterocycles. The Kier molecular flexibility index (Phi) is 4.97. The van der Waals surface area contributed by atoms with E-state index >= 15 is 0 Å². The van der Waals surface area contributed by atoms with Gasteiger partial charge >= 0.3 is 0 Å². The monoisotopic (exact) mass is 328 g/mol. The van der Waals surface area contributed by atoms with Crippen molar-refractivity contribution < 1.29 is 12.8 Å². The summed E-state index contributed by atoms with van der Waals surface area (Å²) in [5, 5.41) is 1.88. The normalized spacial score (nSPS) is 13.2. The number of nitrogens with one attached hydrogen (secondary N) is 1. The zero-order chi connectivity index (χ0) is 15.5. The lowest BCUT2D eigenvalue weighted by Gasteiger charge is -2.17. The second-order valence-corrected chi connectivity index (χ2v) is 7.33. The molecule has 2 rings (SSSR count). The van der Waals surface area contributed by atoms with Gasteiger partial charge in [0.15, 0.2) is 0 Å². The van der Waals surface area contributed by atoms with Crippen molar-refractivity contribution in [2.24, 2.45) is 0 Å². The van der Waals surface area contributed by atoms with Gasteiger partial charge in [0.05, 0.1) is 6.04 Å². The molecule has 1 aromatic carbocycles. The Morgan fingerprint density at radius 1 is 1.38 bits per heavy atom. The topological polar surface area (TPSA) is 72.2 Å². The first-order chi connectivity index (χ1) is 9.94. The molecule has 0 bridgehead atoms. The summed E-state index contributed by atoms with van der Waals surface area (Å²) in [6.07, 6.45) is 1.45. The van der Waals surface area contributed by atoms with Crippen LogP contribution in [0.4, 0.5) is 10.1 Å². The molecule has 3 N–H and O–H groups in total. The van der Waals surface area contributed by atoms with Gasteiger partial charge in [0, 0.05) is 10.6 Å². The van der Waals surface area contributed by atoms with Crippen LogP contribution in [0.15, 0.2) is 40.6 Å². The van der Waals surface area contributed by atoms with E-state index < -0.39 is 20.7 Å². The summed E-state index contributed by atoms with van der Waals surface area (Å²) in [4.78, 5) is 0.491. The number of hydrogen-bond donors (Lipinski definition) is 2. The van der Waals surface area contributed by atoms with Gasteiger partial charge in [-0.2, -0.15) is 0 Å². The molecule has 0 radical (unpaired) electrons. The Morgan fingerprint density at radius 2 is 2.14 bits per heavy atom. The Balaban J connectivity index is 2.32. The maximum Gasteiger partial charge on any atom is 0.244 e. The minimum atomic E-state index is -3.96. The molecule has 21 heavy (non-hydrogen) atoms. The van der Waals surface area contributed by atoms with E-state index in [4.69, 9.17) is 5.73 Å². The van der Waals surface area contributed by atoms with E-state index in [9.17, 15) is 12.8 Å². The first-order valence-corrected chi connectivity index (χ1v) is 8.91. The molecule has 0 amide bonds. The second kappa shape index (κ2) is 6.55. The van der Waals surface area contributed by atoms with Crippen molar-refractivity contribution in [1.82, 2.24) is 4.72 Å². The fourth-order valence-corrected chi connectivity index (χ4v) is 4.26. The minimum Gasteiger partial charge on any atom is -0.399 e. The quantitative estimate of drug-likeness (QED) is 0.799. The van der Waals surface area contributed by atoms with Crippen molar-refractivity contribution >= 4 is 27.0 Å². The molecule has 7 heteroatoms. The lowest BCUT2D eigenvalue weighted by Crippen LogP contribution is -2.29. The summed E-state index contributed by atoms with van der Waals surface area (Å²) in [6, 6.07) is 6.89. The molecule has 4 nitrogen and oxygen atoms in total. The third-order valence-electron chi connectivity index (χ3n) is 3.01. The van der Waals surface area contributed by atoms with Crippen LogP contribution >= 0.6 is 11.3 Å². The van der Waals surface area contributed by atoms with E-state index in [0.717, 1.165) is 23.4 Å². The zero-order valence-electron chi connectivity index (χ0n) is 11.5. The standard InChI is InChI=1S/C14H17FN2O2S2/c1-2-4-12(13-5-3-8-20-13)17-21(18,19)14-9-10(16)6-7-11(14)15/h3,5-9,12,17H,2,4,16H2,1H3. The van der Waals surface area contributed by atoms with Gasteiger partial charge in [0.25, 0.3) is 0 Å². The van der Waals surface area contributed by atoms with Gasteiger partial charge in [0.2, 0.25) is 10.0 Å². The SMILES string of the molecule is CCCC(NS(=O)(=O)c1cc(N)ccc1F)c1cccs1. The van der Waals surface area contributed by atoms with E-state index in [1.807, 2.05) is 24.4 Å². The van der Waals surface area contributed by atoms with Crippen LogP contribution in [0.5, 0.6) is 0 Å². The summed E-state index contributed by atoms with van der Waals surface area (Å²) in [6.45, 7) is 1.97. The van der Waals surface area contributed by atoms with Crippen molar-refractivity contribution in [2.45, 2.75) is 30.7 Å². The zero-order valence-corrected chi connectivity index (χ0v) is 13.2. The summed E-state index contributed by atoms with van der Waals surface area (Å²) >= 11 is 1.47. The highest BCUT2D eigenvalue weighted by atomic mass is 32.2. The smallest absolute Gasteiger partial charge is 0.244 e. The fraction of sp³-hybridized carbons (Fsp3) is 0.286. The summed E-state index contributed by atoms with van der Waals surface area (Å²) < 4.78 is 41.1. The van der Waals surface area contributed by atoms with Crippen LogP contribution in [-0.4, -0.2) is 8.42 Å². The Hall–Kier alpha value is -1.44. The average molecular weight is 328 g/mol. The molecule has 1 aromatic heterocycles. The minimum absolute atomic E-state index is 0.208. The molecule has 0 aliphatic heterocycles. The summed E-state index contributed by atoms with van der Waals surface area (Å²) in [7, 11) is -3.96.